The lowest BCUT2D eigenvalue weighted by atomic mass is 9.82. The van der Waals surface area contributed by atoms with Gasteiger partial charge < -0.3 is 14.7 Å². The number of benzene rings is 1. The van der Waals surface area contributed by atoms with E-state index in [0.717, 1.165) is 4.47 Å². The van der Waals surface area contributed by atoms with Gasteiger partial charge in [0.15, 0.2) is 0 Å². The zero-order valence-electron chi connectivity index (χ0n) is 13.6. The molecule has 0 bridgehead atoms. The van der Waals surface area contributed by atoms with Crippen LogP contribution < -0.4 is 4.74 Å². The smallest absolute Gasteiger partial charge is 0.311 e. The van der Waals surface area contributed by atoms with Crippen LogP contribution in [0.1, 0.15) is 44.0 Å². The molecule has 1 aliphatic rings. The lowest BCUT2D eigenvalue weighted by molar-refractivity contribution is -0.150. The van der Waals surface area contributed by atoms with Gasteiger partial charge in [-0.3, -0.25) is 9.59 Å². The number of aliphatic carboxylic acids is 1. The molecule has 0 radical (unpaired) electrons. The third-order valence-electron chi connectivity index (χ3n) is 3.99. The van der Waals surface area contributed by atoms with E-state index in [1.54, 1.807) is 24.0 Å². The maximum Gasteiger partial charge on any atom is 0.311 e. The van der Waals surface area contributed by atoms with Crippen molar-refractivity contribution in [2.24, 2.45) is 5.41 Å². The fourth-order valence-electron chi connectivity index (χ4n) is 2.80. The SMILES string of the molecule is CC(C)Oc1cc(Br)cc(C(=O)N2CCCC(C)(C(=O)O)C2)c1. The second kappa shape index (κ2) is 6.91. The second-order valence-corrected chi connectivity index (χ2v) is 7.45. The highest BCUT2D eigenvalue weighted by Crippen LogP contribution is 2.31. The minimum atomic E-state index is -0.878. The van der Waals surface area contributed by atoms with Crippen LogP contribution >= 0.6 is 15.9 Å². The maximum atomic E-state index is 12.8. The molecule has 0 saturated carbocycles. The van der Waals surface area contributed by atoms with Gasteiger partial charge in [-0.1, -0.05) is 15.9 Å². The molecule has 1 heterocycles. The third kappa shape index (κ3) is 4.25. The zero-order valence-corrected chi connectivity index (χ0v) is 15.2. The molecule has 6 heteroatoms. The summed E-state index contributed by atoms with van der Waals surface area (Å²) in [7, 11) is 0. The van der Waals surface area contributed by atoms with Crippen molar-refractivity contribution in [3.8, 4) is 5.75 Å². The second-order valence-electron chi connectivity index (χ2n) is 6.54. The summed E-state index contributed by atoms with van der Waals surface area (Å²) in [6, 6.07) is 5.26. The van der Waals surface area contributed by atoms with Crippen molar-refractivity contribution >= 4 is 27.8 Å². The molecule has 126 valence electrons. The summed E-state index contributed by atoms with van der Waals surface area (Å²) in [6.07, 6.45) is 1.29. The number of carbonyl (C=O) groups is 2. The van der Waals surface area contributed by atoms with E-state index < -0.39 is 11.4 Å². The van der Waals surface area contributed by atoms with Crippen molar-refractivity contribution in [1.29, 1.82) is 0 Å². The minimum Gasteiger partial charge on any atom is -0.491 e. The molecule has 1 atom stereocenters. The summed E-state index contributed by atoms with van der Waals surface area (Å²) in [5, 5.41) is 9.39. The number of nitrogens with zero attached hydrogens (tertiary/aromatic N) is 1. The highest BCUT2D eigenvalue weighted by molar-refractivity contribution is 9.10. The normalized spacial score (nSPS) is 21.3. The van der Waals surface area contributed by atoms with Crippen molar-refractivity contribution < 1.29 is 19.4 Å². The third-order valence-corrected chi connectivity index (χ3v) is 4.45. The Balaban J connectivity index is 2.23. The number of hydrogen-bond donors (Lipinski definition) is 1. The van der Waals surface area contributed by atoms with Crippen LogP contribution in [0.15, 0.2) is 22.7 Å². The number of piperidine rings is 1. The molecule has 5 nitrogen and oxygen atoms in total. The predicted molar refractivity (Wildman–Crippen MR) is 90.8 cm³/mol. The molecule has 1 saturated heterocycles. The van der Waals surface area contributed by atoms with Gasteiger partial charge in [-0.25, -0.2) is 0 Å². The van der Waals surface area contributed by atoms with E-state index >= 15 is 0 Å². The summed E-state index contributed by atoms with van der Waals surface area (Å²) in [4.78, 5) is 25.8. The predicted octanol–water partition coefficient (Wildman–Crippen LogP) is 3.56. The first-order chi connectivity index (χ1) is 10.7. The molecule has 1 amide bonds. The van der Waals surface area contributed by atoms with Gasteiger partial charge in [0.25, 0.3) is 5.91 Å². The Hall–Kier alpha value is -1.56. The van der Waals surface area contributed by atoms with E-state index in [9.17, 15) is 14.7 Å². The summed E-state index contributed by atoms with van der Waals surface area (Å²) < 4.78 is 6.42. The number of hydrogen-bond acceptors (Lipinski definition) is 3. The molecule has 0 aromatic heterocycles. The number of rotatable bonds is 4. The van der Waals surface area contributed by atoms with Crippen molar-refractivity contribution in [3.63, 3.8) is 0 Å². The molecule has 1 aliphatic heterocycles. The number of carboxylic acids is 1. The molecule has 0 aliphatic carbocycles. The fraction of sp³-hybridized carbons (Fsp3) is 0.529. The quantitative estimate of drug-likeness (QED) is 0.862. The monoisotopic (exact) mass is 383 g/mol. The van der Waals surface area contributed by atoms with Gasteiger partial charge in [0.05, 0.1) is 11.5 Å². The highest BCUT2D eigenvalue weighted by atomic mass is 79.9. The lowest BCUT2D eigenvalue weighted by Crippen LogP contribution is -2.48. The van der Waals surface area contributed by atoms with Gasteiger partial charge in [0, 0.05) is 23.1 Å². The number of ether oxygens (including phenoxy) is 1. The van der Waals surface area contributed by atoms with Crippen LogP contribution in [0, 0.1) is 5.41 Å². The Morgan fingerprint density at radius 2 is 2.04 bits per heavy atom. The highest BCUT2D eigenvalue weighted by Gasteiger charge is 2.39. The molecule has 1 N–H and O–H groups in total. The largest absolute Gasteiger partial charge is 0.491 e. The fourth-order valence-corrected chi connectivity index (χ4v) is 3.27. The van der Waals surface area contributed by atoms with Crippen LogP contribution in [0.5, 0.6) is 5.75 Å². The molecule has 1 unspecified atom stereocenters. The average molecular weight is 384 g/mol. The van der Waals surface area contributed by atoms with E-state index in [1.165, 1.54) is 0 Å². The lowest BCUT2D eigenvalue weighted by Gasteiger charge is -2.37. The first-order valence-electron chi connectivity index (χ1n) is 7.71. The molecule has 2 rings (SSSR count). The van der Waals surface area contributed by atoms with Crippen molar-refractivity contribution in [2.45, 2.75) is 39.7 Å². The molecule has 0 spiro atoms. The number of halogens is 1. The first kappa shape index (κ1) is 17.8. The van der Waals surface area contributed by atoms with Gasteiger partial charge in [0.2, 0.25) is 0 Å². The Kier molecular flexibility index (Phi) is 5.34. The van der Waals surface area contributed by atoms with Crippen molar-refractivity contribution in [2.75, 3.05) is 13.1 Å². The standard InChI is InChI=1S/C17H22BrNO4/c1-11(2)23-14-8-12(7-13(18)9-14)15(20)19-6-4-5-17(3,10-19)16(21)22/h7-9,11H,4-6,10H2,1-3H3,(H,21,22). The van der Waals surface area contributed by atoms with E-state index in [1.807, 2.05) is 19.9 Å². The van der Waals surface area contributed by atoms with Gasteiger partial charge in [-0.2, -0.15) is 0 Å². The Bertz CT molecular complexity index is 617. The summed E-state index contributed by atoms with van der Waals surface area (Å²) in [6.45, 7) is 6.35. The van der Waals surface area contributed by atoms with E-state index in [4.69, 9.17) is 4.74 Å². The van der Waals surface area contributed by atoms with Crippen molar-refractivity contribution in [1.82, 2.24) is 4.90 Å². The number of amides is 1. The maximum absolute atomic E-state index is 12.8. The topological polar surface area (TPSA) is 66.8 Å². The number of likely N-dealkylation sites (tertiary alicyclic amines) is 1. The van der Waals surface area contributed by atoms with Gasteiger partial charge >= 0.3 is 5.97 Å². The van der Waals surface area contributed by atoms with E-state index in [0.29, 0.717) is 30.7 Å². The molecule has 23 heavy (non-hydrogen) atoms. The number of carboxylic acid groups (broad SMARTS) is 1. The van der Waals surface area contributed by atoms with Crippen LogP contribution in [0.2, 0.25) is 0 Å². The first-order valence-corrected chi connectivity index (χ1v) is 8.50. The average Bonchev–Trinajstić information content (AvgIpc) is 2.45. The van der Waals surface area contributed by atoms with E-state index in [-0.39, 0.29) is 18.6 Å². The van der Waals surface area contributed by atoms with Gasteiger partial charge in [-0.15, -0.1) is 0 Å². The zero-order chi connectivity index (χ0) is 17.2. The van der Waals surface area contributed by atoms with E-state index in [2.05, 4.69) is 15.9 Å². The van der Waals surface area contributed by atoms with Crippen LogP contribution in [0.25, 0.3) is 0 Å². The van der Waals surface area contributed by atoms with Crippen LogP contribution in [0.4, 0.5) is 0 Å². The summed E-state index contributed by atoms with van der Waals surface area (Å²) in [5.41, 5.74) is -0.373. The molecular weight excluding hydrogens is 362 g/mol. The molecule has 1 fully saturated rings. The number of carbonyl (C=O) groups excluding carboxylic acids is 1. The summed E-state index contributed by atoms with van der Waals surface area (Å²) in [5.74, 6) is -0.393. The van der Waals surface area contributed by atoms with Gasteiger partial charge in [-0.05, 0) is 51.8 Å². The molecule has 1 aromatic carbocycles. The van der Waals surface area contributed by atoms with Crippen LogP contribution in [0.3, 0.4) is 0 Å². The van der Waals surface area contributed by atoms with Crippen molar-refractivity contribution in [3.05, 3.63) is 28.2 Å². The minimum absolute atomic E-state index is 0.0116. The Labute approximate surface area is 144 Å². The Morgan fingerprint density at radius 1 is 1.35 bits per heavy atom. The molecule has 1 aromatic rings. The Morgan fingerprint density at radius 3 is 2.65 bits per heavy atom. The van der Waals surface area contributed by atoms with Gasteiger partial charge in [0.1, 0.15) is 5.75 Å². The van der Waals surface area contributed by atoms with Crippen LogP contribution in [-0.2, 0) is 4.79 Å². The van der Waals surface area contributed by atoms with Crippen LogP contribution in [-0.4, -0.2) is 41.1 Å². The summed E-state index contributed by atoms with van der Waals surface area (Å²) >= 11 is 3.40. The molecular formula is C17H22BrNO4.